The summed E-state index contributed by atoms with van der Waals surface area (Å²) < 4.78 is 13.8. The van der Waals surface area contributed by atoms with Gasteiger partial charge in [0.25, 0.3) is 0 Å². The Morgan fingerprint density at radius 3 is 2.67 bits per heavy atom. The van der Waals surface area contributed by atoms with Gasteiger partial charge in [0.2, 0.25) is 0 Å². The molecule has 1 unspecified atom stereocenters. The number of rotatable bonds is 3. The lowest BCUT2D eigenvalue weighted by Gasteiger charge is -2.29. The summed E-state index contributed by atoms with van der Waals surface area (Å²) in [5.74, 6) is 0.972. The molecule has 1 aliphatic rings. The van der Waals surface area contributed by atoms with Gasteiger partial charge in [-0.25, -0.2) is 4.39 Å². The zero-order chi connectivity index (χ0) is 10.8. The van der Waals surface area contributed by atoms with Crippen LogP contribution in [0.4, 0.5) is 4.39 Å². The first-order valence-corrected chi connectivity index (χ1v) is 6.02. The summed E-state index contributed by atoms with van der Waals surface area (Å²) >= 11 is 0. The zero-order valence-corrected chi connectivity index (χ0v) is 9.59. The summed E-state index contributed by atoms with van der Waals surface area (Å²) in [4.78, 5) is 0. The van der Waals surface area contributed by atoms with Gasteiger partial charge < -0.3 is 0 Å². The fraction of sp³-hybridized carbons (Fsp3) is 0.571. The van der Waals surface area contributed by atoms with Crippen molar-refractivity contribution in [1.82, 2.24) is 0 Å². The van der Waals surface area contributed by atoms with E-state index in [1.54, 1.807) is 6.07 Å². The van der Waals surface area contributed by atoms with Crippen molar-refractivity contribution in [2.24, 2.45) is 0 Å². The van der Waals surface area contributed by atoms with E-state index in [4.69, 9.17) is 0 Å². The standard InChI is InChI=1S/C14H19F/c1-3-10(2)14-12(11-6-4-7-11)8-5-9-13(14)15/h5,8-11H,3-4,6-7H2,1-2H3. The molecule has 1 saturated carbocycles. The van der Waals surface area contributed by atoms with Gasteiger partial charge in [-0.2, -0.15) is 0 Å². The van der Waals surface area contributed by atoms with Crippen LogP contribution < -0.4 is 0 Å². The summed E-state index contributed by atoms with van der Waals surface area (Å²) in [6.45, 7) is 4.25. The lowest BCUT2D eigenvalue weighted by atomic mass is 9.76. The summed E-state index contributed by atoms with van der Waals surface area (Å²) in [6.07, 6.45) is 4.81. The molecule has 1 atom stereocenters. The maximum absolute atomic E-state index is 13.8. The first-order valence-electron chi connectivity index (χ1n) is 6.02. The van der Waals surface area contributed by atoms with Crippen molar-refractivity contribution in [2.45, 2.75) is 51.4 Å². The largest absolute Gasteiger partial charge is 0.207 e. The van der Waals surface area contributed by atoms with E-state index < -0.39 is 0 Å². The monoisotopic (exact) mass is 206 g/mol. The maximum atomic E-state index is 13.8. The van der Waals surface area contributed by atoms with Crippen LogP contribution in [0.1, 0.15) is 62.5 Å². The van der Waals surface area contributed by atoms with Gasteiger partial charge >= 0.3 is 0 Å². The van der Waals surface area contributed by atoms with Crippen LogP contribution in [0.3, 0.4) is 0 Å². The zero-order valence-electron chi connectivity index (χ0n) is 9.59. The van der Waals surface area contributed by atoms with Gasteiger partial charge in [0.05, 0.1) is 0 Å². The predicted molar refractivity (Wildman–Crippen MR) is 61.7 cm³/mol. The van der Waals surface area contributed by atoms with Gasteiger partial charge in [0.15, 0.2) is 0 Å². The Hall–Kier alpha value is -0.850. The minimum absolute atomic E-state index is 0.00579. The summed E-state index contributed by atoms with van der Waals surface area (Å²) in [6, 6.07) is 5.58. The Bertz CT molecular complexity index is 339. The molecule has 0 spiro atoms. The lowest BCUT2D eigenvalue weighted by molar-refractivity contribution is 0.411. The highest BCUT2D eigenvalue weighted by atomic mass is 19.1. The van der Waals surface area contributed by atoms with Gasteiger partial charge in [0.1, 0.15) is 5.82 Å². The lowest BCUT2D eigenvalue weighted by Crippen LogP contribution is -2.13. The molecule has 2 rings (SSSR count). The van der Waals surface area contributed by atoms with Gasteiger partial charge in [0, 0.05) is 0 Å². The smallest absolute Gasteiger partial charge is 0.126 e. The van der Waals surface area contributed by atoms with Crippen LogP contribution in [-0.2, 0) is 0 Å². The molecular weight excluding hydrogens is 187 g/mol. The highest BCUT2D eigenvalue weighted by molar-refractivity contribution is 5.35. The third kappa shape index (κ3) is 1.92. The van der Waals surface area contributed by atoms with Crippen LogP contribution in [0, 0.1) is 5.82 Å². The van der Waals surface area contributed by atoms with Gasteiger partial charge in [-0.3, -0.25) is 0 Å². The number of hydrogen-bond acceptors (Lipinski definition) is 0. The Balaban J connectivity index is 2.38. The van der Waals surface area contributed by atoms with Crippen LogP contribution in [0.2, 0.25) is 0 Å². The quantitative estimate of drug-likeness (QED) is 0.677. The second-order valence-electron chi connectivity index (χ2n) is 4.68. The number of halogens is 1. The average molecular weight is 206 g/mol. The maximum Gasteiger partial charge on any atom is 0.126 e. The Morgan fingerprint density at radius 2 is 2.13 bits per heavy atom. The first-order chi connectivity index (χ1) is 7.24. The first kappa shape index (κ1) is 10.7. The number of hydrogen-bond donors (Lipinski definition) is 0. The van der Waals surface area contributed by atoms with E-state index in [1.165, 1.54) is 24.8 Å². The molecule has 0 saturated heterocycles. The van der Waals surface area contributed by atoms with Crippen molar-refractivity contribution < 1.29 is 4.39 Å². The van der Waals surface area contributed by atoms with E-state index in [1.807, 2.05) is 6.07 Å². The second-order valence-corrected chi connectivity index (χ2v) is 4.68. The normalized spacial score (nSPS) is 18.6. The molecule has 1 aliphatic carbocycles. The molecule has 82 valence electrons. The van der Waals surface area contributed by atoms with Crippen LogP contribution in [0.15, 0.2) is 18.2 Å². The summed E-state index contributed by atoms with van der Waals surface area (Å²) in [5.41, 5.74) is 2.25. The molecule has 0 N–H and O–H groups in total. The Labute approximate surface area is 91.5 Å². The van der Waals surface area contributed by atoms with E-state index in [0.29, 0.717) is 11.8 Å². The third-order valence-corrected chi connectivity index (χ3v) is 3.74. The van der Waals surface area contributed by atoms with Crippen LogP contribution in [0.5, 0.6) is 0 Å². The molecule has 15 heavy (non-hydrogen) atoms. The molecule has 1 aromatic rings. The second kappa shape index (κ2) is 4.34. The van der Waals surface area contributed by atoms with Gasteiger partial charge in [-0.05, 0) is 48.3 Å². The summed E-state index contributed by atoms with van der Waals surface area (Å²) in [5, 5.41) is 0. The van der Waals surface area contributed by atoms with Crippen LogP contribution in [-0.4, -0.2) is 0 Å². The molecule has 1 heteroatoms. The van der Waals surface area contributed by atoms with Gasteiger partial charge in [-0.1, -0.05) is 32.4 Å². The van der Waals surface area contributed by atoms with Crippen LogP contribution >= 0.6 is 0 Å². The van der Waals surface area contributed by atoms with Crippen molar-refractivity contribution in [2.75, 3.05) is 0 Å². The van der Waals surface area contributed by atoms with E-state index in [9.17, 15) is 4.39 Å². The van der Waals surface area contributed by atoms with Crippen molar-refractivity contribution in [1.29, 1.82) is 0 Å². The van der Waals surface area contributed by atoms with Crippen molar-refractivity contribution >= 4 is 0 Å². The average Bonchev–Trinajstić information content (AvgIpc) is 2.14. The van der Waals surface area contributed by atoms with E-state index in [0.717, 1.165) is 12.0 Å². The molecule has 0 aliphatic heterocycles. The fourth-order valence-corrected chi connectivity index (χ4v) is 2.35. The Kier molecular flexibility index (Phi) is 3.08. The Morgan fingerprint density at radius 1 is 1.40 bits per heavy atom. The molecule has 0 radical (unpaired) electrons. The van der Waals surface area contributed by atoms with E-state index in [-0.39, 0.29) is 5.82 Å². The predicted octanol–water partition coefficient (Wildman–Crippen LogP) is 4.61. The minimum Gasteiger partial charge on any atom is -0.207 e. The molecule has 0 heterocycles. The topological polar surface area (TPSA) is 0 Å². The van der Waals surface area contributed by atoms with Gasteiger partial charge in [-0.15, -0.1) is 0 Å². The fourth-order valence-electron chi connectivity index (χ4n) is 2.35. The molecule has 0 bridgehead atoms. The number of benzene rings is 1. The van der Waals surface area contributed by atoms with Crippen LogP contribution in [0.25, 0.3) is 0 Å². The minimum atomic E-state index is -0.00579. The molecule has 0 amide bonds. The molecule has 0 aromatic heterocycles. The van der Waals surface area contributed by atoms with E-state index in [2.05, 4.69) is 19.9 Å². The summed E-state index contributed by atoms with van der Waals surface area (Å²) in [7, 11) is 0. The molecule has 1 fully saturated rings. The van der Waals surface area contributed by atoms with Crippen molar-refractivity contribution in [3.8, 4) is 0 Å². The van der Waals surface area contributed by atoms with Crippen molar-refractivity contribution in [3.63, 3.8) is 0 Å². The highest BCUT2D eigenvalue weighted by Crippen LogP contribution is 2.41. The molecule has 1 aromatic carbocycles. The molecule has 0 nitrogen and oxygen atoms in total. The van der Waals surface area contributed by atoms with Crippen molar-refractivity contribution in [3.05, 3.63) is 35.1 Å². The molecular formula is C14H19F. The van der Waals surface area contributed by atoms with E-state index >= 15 is 0 Å². The third-order valence-electron chi connectivity index (χ3n) is 3.74. The highest BCUT2D eigenvalue weighted by Gasteiger charge is 2.25. The SMILES string of the molecule is CCC(C)c1c(F)cccc1C1CCC1.